The predicted molar refractivity (Wildman–Crippen MR) is 187 cm³/mol. The minimum atomic E-state index is 1.07. The van der Waals surface area contributed by atoms with Gasteiger partial charge >= 0.3 is 0 Å². The van der Waals surface area contributed by atoms with Crippen LogP contribution in [0.5, 0.6) is 0 Å². The Kier molecular flexibility index (Phi) is 5.67. The molecule has 6 aromatic carbocycles. The smallest absolute Gasteiger partial charge is 0.0788 e. The molecule has 0 fully saturated rings. The van der Waals surface area contributed by atoms with E-state index >= 15 is 0 Å². The normalized spacial score (nSPS) is 13.3. The molecule has 9 rings (SSSR count). The number of para-hydroxylation sites is 2. The second kappa shape index (κ2) is 10.00. The summed E-state index contributed by atoms with van der Waals surface area (Å²) in [4.78, 5) is 0. The number of fused-ring (bicyclic) bond motifs is 7. The second-order valence-electron chi connectivity index (χ2n) is 11.7. The first-order chi connectivity index (χ1) is 21.8. The van der Waals surface area contributed by atoms with E-state index in [0.717, 1.165) is 18.5 Å². The Morgan fingerprint density at radius 2 is 0.977 bits per heavy atom. The highest BCUT2D eigenvalue weighted by Gasteiger charge is 2.21. The van der Waals surface area contributed by atoms with Gasteiger partial charge in [-0.15, -0.1) is 0 Å². The van der Waals surface area contributed by atoms with Crippen molar-refractivity contribution in [3.05, 3.63) is 163 Å². The molecule has 0 saturated heterocycles. The topological polar surface area (TPSA) is 9.86 Å². The Balaban J connectivity index is 1.41. The number of benzene rings is 6. The maximum absolute atomic E-state index is 2.49. The standard InChI is InChI=1S/C42H30N2/c1-3-13-29(14-4-1)31-17-11-19-33(27-31)43-39-23-9-7-21-35(39)37-25-26-38-36-22-8-10-24-40(36)44(42(38)41(37)43)34-20-12-18-32(28-34)30-15-5-2-6-16-30/h1-5,7-15,17-28H,6,16H2. The average Bonchev–Trinajstić information content (AvgIpc) is 3.62. The monoisotopic (exact) mass is 562 g/mol. The van der Waals surface area contributed by atoms with Gasteiger partial charge in [0.15, 0.2) is 0 Å². The fourth-order valence-corrected chi connectivity index (χ4v) is 7.18. The van der Waals surface area contributed by atoms with E-state index in [2.05, 4.69) is 167 Å². The van der Waals surface area contributed by atoms with Crippen LogP contribution in [0, 0.1) is 0 Å². The lowest BCUT2D eigenvalue weighted by Gasteiger charge is -2.15. The van der Waals surface area contributed by atoms with Gasteiger partial charge in [-0.2, -0.15) is 0 Å². The summed E-state index contributed by atoms with van der Waals surface area (Å²) in [7, 11) is 0. The number of aromatic nitrogens is 2. The molecule has 0 aliphatic heterocycles. The summed E-state index contributed by atoms with van der Waals surface area (Å²) in [6.07, 6.45) is 8.88. The minimum absolute atomic E-state index is 1.07. The van der Waals surface area contributed by atoms with Gasteiger partial charge in [0.05, 0.1) is 22.1 Å². The Morgan fingerprint density at radius 3 is 1.59 bits per heavy atom. The molecular weight excluding hydrogens is 532 g/mol. The van der Waals surface area contributed by atoms with Crippen LogP contribution in [-0.4, -0.2) is 9.13 Å². The summed E-state index contributed by atoms with van der Waals surface area (Å²) in [6.45, 7) is 0. The Labute approximate surface area is 256 Å². The highest BCUT2D eigenvalue weighted by Crippen LogP contribution is 2.42. The molecule has 2 heteroatoms. The molecule has 0 unspecified atom stereocenters. The molecule has 0 spiro atoms. The fraction of sp³-hybridized carbons (Fsp3) is 0.0476. The van der Waals surface area contributed by atoms with E-state index in [1.165, 1.54) is 71.6 Å². The molecule has 0 amide bonds. The first kappa shape index (κ1) is 24.9. The summed E-state index contributed by atoms with van der Waals surface area (Å²) < 4.78 is 4.97. The Morgan fingerprint density at radius 1 is 0.432 bits per heavy atom. The summed E-state index contributed by atoms with van der Waals surface area (Å²) in [5.41, 5.74) is 12.4. The van der Waals surface area contributed by atoms with Crippen molar-refractivity contribution in [3.63, 3.8) is 0 Å². The molecule has 0 radical (unpaired) electrons. The van der Waals surface area contributed by atoms with E-state index in [4.69, 9.17) is 0 Å². The number of nitrogens with zero attached hydrogens (tertiary/aromatic N) is 2. The number of allylic oxidation sites excluding steroid dienone is 4. The van der Waals surface area contributed by atoms with Crippen molar-refractivity contribution < 1.29 is 0 Å². The van der Waals surface area contributed by atoms with Crippen LogP contribution in [0.25, 0.3) is 71.7 Å². The number of hydrogen-bond donors (Lipinski definition) is 0. The van der Waals surface area contributed by atoms with Gasteiger partial charge in [0, 0.05) is 32.9 Å². The van der Waals surface area contributed by atoms with E-state index in [-0.39, 0.29) is 0 Å². The highest BCUT2D eigenvalue weighted by molar-refractivity contribution is 6.23. The van der Waals surface area contributed by atoms with Gasteiger partial charge in [-0.1, -0.05) is 121 Å². The van der Waals surface area contributed by atoms with Gasteiger partial charge in [-0.25, -0.2) is 0 Å². The first-order valence-electron chi connectivity index (χ1n) is 15.4. The van der Waals surface area contributed by atoms with Gasteiger partial charge in [0.25, 0.3) is 0 Å². The lowest BCUT2D eigenvalue weighted by molar-refractivity contribution is 1.05. The van der Waals surface area contributed by atoms with E-state index in [0.29, 0.717) is 0 Å². The van der Waals surface area contributed by atoms with E-state index in [9.17, 15) is 0 Å². The molecule has 8 aromatic rings. The Bertz CT molecular complexity index is 2430. The summed E-state index contributed by atoms with van der Waals surface area (Å²) in [5, 5.41) is 5.06. The molecule has 208 valence electrons. The van der Waals surface area contributed by atoms with E-state index in [1.54, 1.807) is 0 Å². The van der Waals surface area contributed by atoms with Crippen LogP contribution in [0.1, 0.15) is 18.4 Å². The van der Waals surface area contributed by atoms with Crippen molar-refractivity contribution in [2.45, 2.75) is 12.8 Å². The molecule has 2 heterocycles. The third-order valence-electron chi connectivity index (χ3n) is 9.17. The van der Waals surface area contributed by atoms with Gasteiger partial charge in [0.2, 0.25) is 0 Å². The van der Waals surface area contributed by atoms with Crippen molar-refractivity contribution in [2.75, 3.05) is 0 Å². The number of rotatable bonds is 4. The SMILES string of the molecule is C1=CCCC(c2cccc(-n3c4ccccc4c4ccc5c6ccccc6n(-c6cccc(-c7ccccc7)c6)c5c43)c2)=C1. The largest absolute Gasteiger partial charge is 0.307 e. The zero-order chi connectivity index (χ0) is 29.0. The van der Waals surface area contributed by atoms with E-state index in [1.807, 2.05) is 0 Å². The predicted octanol–water partition coefficient (Wildman–Crippen LogP) is 11.3. The molecule has 2 aromatic heterocycles. The van der Waals surface area contributed by atoms with Crippen LogP contribution in [0.15, 0.2) is 158 Å². The molecule has 0 saturated carbocycles. The van der Waals surface area contributed by atoms with Crippen molar-refractivity contribution >= 4 is 49.2 Å². The van der Waals surface area contributed by atoms with Crippen molar-refractivity contribution in [2.24, 2.45) is 0 Å². The van der Waals surface area contributed by atoms with E-state index < -0.39 is 0 Å². The Hall–Kier alpha value is -5.60. The zero-order valence-electron chi connectivity index (χ0n) is 24.3. The van der Waals surface area contributed by atoms with Crippen molar-refractivity contribution in [1.82, 2.24) is 9.13 Å². The zero-order valence-corrected chi connectivity index (χ0v) is 24.3. The third kappa shape index (κ3) is 3.81. The van der Waals surface area contributed by atoms with Gasteiger partial charge in [-0.05, 0) is 71.5 Å². The molecule has 1 aliphatic carbocycles. The van der Waals surface area contributed by atoms with Crippen LogP contribution in [-0.2, 0) is 0 Å². The first-order valence-corrected chi connectivity index (χ1v) is 15.4. The second-order valence-corrected chi connectivity index (χ2v) is 11.7. The van der Waals surface area contributed by atoms with Crippen LogP contribution in [0.2, 0.25) is 0 Å². The van der Waals surface area contributed by atoms with Gasteiger partial charge in [0.1, 0.15) is 0 Å². The molecule has 2 nitrogen and oxygen atoms in total. The maximum Gasteiger partial charge on any atom is 0.0788 e. The quantitative estimate of drug-likeness (QED) is 0.202. The lowest BCUT2D eigenvalue weighted by Crippen LogP contribution is -2.00. The van der Waals surface area contributed by atoms with Gasteiger partial charge < -0.3 is 9.13 Å². The fourth-order valence-electron chi connectivity index (χ4n) is 7.18. The van der Waals surface area contributed by atoms with Crippen molar-refractivity contribution in [3.8, 4) is 22.5 Å². The van der Waals surface area contributed by atoms with Gasteiger partial charge in [-0.3, -0.25) is 0 Å². The average molecular weight is 563 g/mol. The lowest BCUT2D eigenvalue weighted by atomic mass is 9.97. The van der Waals surface area contributed by atoms with Crippen LogP contribution in [0.3, 0.4) is 0 Å². The van der Waals surface area contributed by atoms with Crippen molar-refractivity contribution in [1.29, 1.82) is 0 Å². The summed E-state index contributed by atoms with van der Waals surface area (Å²) in [6, 6.07) is 51.1. The maximum atomic E-state index is 2.49. The summed E-state index contributed by atoms with van der Waals surface area (Å²) >= 11 is 0. The molecule has 1 aliphatic rings. The minimum Gasteiger partial charge on any atom is -0.307 e. The van der Waals surface area contributed by atoms with Crippen LogP contribution < -0.4 is 0 Å². The molecule has 0 bridgehead atoms. The molecular formula is C42H30N2. The molecule has 0 atom stereocenters. The van der Waals surface area contributed by atoms with Crippen LogP contribution >= 0.6 is 0 Å². The summed E-state index contributed by atoms with van der Waals surface area (Å²) in [5.74, 6) is 0. The highest BCUT2D eigenvalue weighted by atomic mass is 15.0. The van der Waals surface area contributed by atoms with Crippen LogP contribution in [0.4, 0.5) is 0 Å². The third-order valence-corrected chi connectivity index (χ3v) is 9.17. The molecule has 0 N–H and O–H groups in total. The molecule has 44 heavy (non-hydrogen) atoms. The number of hydrogen-bond acceptors (Lipinski definition) is 0.